The third kappa shape index (κ3) is 4.50. The van der Waals surface area contributed by atoms with Crippen molar-refractivity contribution in [2.75, 3.05) is 18.9 Å². The van der Waals surface area contributed by atoms with E-state index in [0.717, 1.165) is 23.1 Å². The van der Waals surface area contributed by atoms with Crippen molar-refractivity contribution in [1.29, 1.82) is 0 Å². The molecule has 2 aromatic heterocycles. The Balaban J connectivity index is 1.69. The number of benzene rings is 2. The van der Waals surface area contributed by atoms with Crippen LogP contribution in [0, 0.1) is 0 Å². The quantitative estimate of drug-likeness (QED) is 0.380. The van der Waals surface area contributed by atoms with Crippen molar-refractivity contribution >= 4 is 26.8 Å². The normalized spacial score (nSPS) is 11.6. The first-order valence-electron chi connectivity index (χ1n) is 10.3. The molecule has 2 aromatic carbocycles. The maximum Gasteiger partial charge on any atom is 0.266 e. The highest BCUT2D eigenvalue weighted by molar-refractivity contribution is 7.92. The molecule has 3 N–H and O–H groups in total. The van der Waals surface area contributed by atoms with E-state index in [0.29, 0.717) is 29.8 Å². The summed E-state index contributed by atoms with van der Waals surface area (Å²) in [5, 5.41) is 8.64. The minimum atomic E-state index is -4.01. The zero-order valence-electron chi connectivity index (χ0n) is 18.5. The van der Waals surface area contributed by atoms with Crippen LogP contribution in [0.15, 0.2) is 52.1 Å². The molecule has 0 aliphatic carbocycles. The van der Waals surface area contributed by atoms with Crippen LogP contribution in [0.5, 0.6) is 11.5 Å². The molecule has 0 amide bonds. The van der Waals surface area contributed by atoms with Crippen LogP contribution < -0.4 is 19.9 Å². The highest BCUT2D eigenvalue weighted by Crippen LogP contribution is 2.36. The molecule has 0 aliphatic rings. The molecule has 10 nitrogen and oxygen atoms in total. The molecule has 174 valence electrons. The summed E-state index contributed by atoms with van der Waals surface area (Å²) in [7, 11) is -1.08. The highest BCUT2D eigenvalue weighted by Gasteiger charge is 2.24. The van der Waals surface area contributed by atoms with E-state index in [1.54, 1.807) is 35.1 Å². The highest BCUT2D eigenvalue weighted by atomic mass is 32.2. The lowest BCUT2D eigenvalue weighted by Crippen LogP contribution is -2.14. The Morgan fingerprint density at radius 1 is 1.09 bits per heavy atom. The monoisotopic (exact) mass is 471 g/mol. The fraction of sp³-hybridized carbons (Fsp3) is 0.273. The van der Waals surface area contributed by atoms with E-state index in [2.05, 4.69) is 15.0 Å². The van der Waals surface area contributed by atoms with Crippen LogP contribution in [0.25, 0.3) is 11.0 Å². The molecular formula is C22H25N5O5S. The predicted molar refractivity (Wildman–Crippen MR) is 123 cm³/mol. The summed E-state index contributed by atoms with van der Waals surface area (Å²) < 4.78 is 46.8. The van der Waals surface area contributed by atoms with Crippen LogP contribution >= 0.6 is 0 Å². The van der Waals surface area contributed by atoms with E-state index in [1.807, 2.05) is 13.1 Å². The van der Waals surface area contributed by atoms with Crippen molar-refractivity contribution in [3.05, 3.63) is 59.4 Å². The molecule has 4 rings (SSSR count). The number of hydrogen-bond acceptors (Lipinski definition) is 8. The van der Waals surface area contributed by atoms with E-state index < -0.39 is 10.0 Å². The van der Waals surface area contributed by atoms with Gasteiger partial charge in [-0.05, 0) is 41.8 Å². The fourth-order valence-corrected chi connectivity index (χ4v) is 4.69. The van der Waals surface area contributed by atoms with Gasteiger partial charge < -0.3 is 19.7 Å². The van der Waals surface area contributed by atoms with Gasteiger partial charge in [0.1, 0.15) is 21.8 Å². The van der Waals surface area contributed by atoms with Crippen molar-refractivity contribution < 1.29 is 22.4 Å². The van der Waals surface area contributed by atoms with Gasteiger partial charge in [-0.3, -0.25) is 9.40 Å². The molecule has 0 saturated heterocycles. The zero-order valence-corrected chi connectivity index (χ0v) is 19.3. The Morgan fingerprint density at radius 3 is 2.52 bits per heavy atom. The van der Waals surface area contributed by atoms with Crippen LogP contribution in [0.1, 0.15) is 23.6 Å². The number of hydrogen-bond donors (Lipinski definition) is 2. The van der Waals surface area contributed by atoms with Crippen LogP contribution in [0.4, 0.5) is 5.82 Å². The van der Waals surface area contributed by atoms with Gasteiger partial charge in [0.15, 0.2) is 11.4 Å². The summed E-state index contributed by atoms with van der Waals surface area (Å²) in [6, 6.07) is 8.52. The number of nitrogens with one attached hydrogen (secondary N) is 1. The first-order valence-corrected chi connectivity index (χ1v) is 11.7. The SMILES string of the molecule is CCc1ccc(S(=O)(=O)Nc2noc3cc(Cn4cc(CN)cn4)cc(OC)c23)c(OC)c1. The lowest BCUT2D eigenvalue weighted by Gasteiger charge is -2.12. The first kappa shape index (κ1) is 22.6. The molecule has 0 saturated carbocycles. The lowest BCUT2D eigenvalue weighted by atomic mass is 10.1. The molecule has 0 aliphatic heterocycles. The number of fused-ring (bicyclic) bond motifs is 1. The van der Waals surface area contributed by atoms with Gasteiger partial charge in [0.2, 0.25) is 0 Å². The predicted octanol–water partition coefficient (Wildman–Crippen LogP) is 2.91. The van der Waals surface area contributed by atoms with Crippen molar-refractivity contribution in [3.63, 3.8) is 0 Å². The van der Waals surface area contributed by atoms with Gasteiger partial charge in [-0.15, -0.1) is 0 Å². The number of nitrogens with two attached hydrogens (primary N) is 1. The van der Waals surface area contributed by atoms with Crippen LogP contribution in [0.3, 0.4) is 0 Å². The zero-order chi connectivity index (χ0) is 23.6. The van der Waals surface area contributed by atoms with E-state index in [9.17, 15) is 8.42 Å². The maximum absolute atomic E-state index is 13.1. The second-order valence-corrected chi connectivity index (χ2v) is 9.05. The Morgan fingerprint density at radius 2 is 1.85 bits per heavy atom. The molecule has 0 unspecified atom stereocenters. The van der Waals surface area contributed by atoms with Gasteiger partial charge in [0.05, 0.1) is 27.0 Å². The van der Waals surface area contributed by atoms with Gasteiger partial charge in [0, 0.05) is 18.3 Å². The van der Waals surface area contributed by atoms with Crippen LogP contribution in [0.2, 0.25) is 0 Å². The molecule has 33 heavy (non-hydrogen) atoms. The summed E-state index contributed by atoms with van der Waals surface area (Å²) in [5.41, 5.74) is 8.74. The standard InChI is InChI=1S/C22H25N5O5S/c1-4-14-5-6-20(17(7-14)30-2)33(28,29)26-22-21-18(31-3)8-15(9-19(21)32-25-22)12-27-13-16(10-23)11-24-27/h5-9,11,13H,4,10,12,23H2,1-3H3,(H,25,26). The maximum atomic E-state index is 13.1. The number of nitrogens with zero attached hydrogens (tertiary/aromatic N) is 3. The van der Waals surface area contributed by atoms with Gasteiger partial charge in [-0.25, -0.2) is 8.42 Å². The second kappa shape index (κ2) is 9.12. The number of rotatable bonds is 9. The summed E-state index contributed by atoms with van der Waals surface area (Å²) in [4.78, 5) is 0.00308. The molecule has 11 heteroatoms. The minimum absolute atomic E-state index is 0.00308. The number of ether oxygens (including phenoxy) is 2. The fourth-order valence-electron chi connectivity index (χ4n) is 3.53. The molecule has 0 spiro atoms. The molecule has 0 atom stereocenters. The molecule has 0 fully saturated rings. The molecule has 4 aromatic rings. The Labute approximate surface area is 191 Å². The first-order chi connectivity index (χ1) is 15.9. The average Bonchev–Trinajstić information content (AvgIpc) is 3.44. The third-order valence-electron chi connectivity index (χ3n) is 5.24. The smallest absolute Gasteiger partial charge is 0.266 e. The van der Waals surface area contributed by atoms with E-state index in [4.69, 9.17) is 19.7 Å². The Kier molecular flexibility index (Phi) is 6.25. The van der Waals surface area contributed by atoms with Gasteiger partial charge in [0.25, 0.3) is 10.0 Å². The third-order valence-corrected chi connectivity index (χ3v) is 6.62. The van der Waals surface area contributed by atoms with Crippen molar-refractivity contribution in [2.45, 2.75) is 31.3 Å². The van der Waals surface area contributed by atoms with Crippen molar-refractivity contribution in [1.82, 2.24) is 14.9 Å². The van der Waals surface area contributed by atoms with E-state index in [-0.39, 0.29) is 16.5 Å². The van der Waals surface area contributed by atoms with Gasteiger partial charge in [-0.1, -0.05) is 18.1 Å². The molecule has 2 heterocycles. The van der Waals surface area contributed by atoms with Gasteiger partial charge >= 0.3 is 0 Å². The van der Waals surface area contributed by atoms with Crippen LogP contribution in [-0.4, -0.2) is 37.6 Å². The van der Waals surface area contributed by atoms with E-state index >= 15 is 0 Å². The Hall–Kier alpha value is -3.57. The largest absolute Gasteiger partial charge is 0.496 e. The van der Waals surface area contributed by atoms with Gasteiger partial charge in [-0.2, -0.15) is 5.10 Å². The molecule has 0 bridgehead atoms. The second-order valence-electron chi connectivity index (χ2n) is 7.40. The minimum Gasteiger partial charge on any atom is -0.496 e. The molecule has 0 radical (unpaired) electrons. The Bertz CT molecular complexity index is 1390. The van der Waals surface area contributed by atoms with Crippen LogP contribution in [-0.2, 0) is 29.5 Å². The summed E-state index contributed by atoms with van der Waals surface area (Å²) in [6.45, 7) is 2.84. The van der Waals surface area contributed by atoms with E-state index in [1.165, 1.54) is 20.3 Å². The number of aryl methyl sites for hydroxylation is 1. The summed E-state index contributed by atoms with van der Waals surface area (Å²) >= 11 is 0. The molecular weight excluding hydrogens is 446 g/mol. The topological polar surface area (TPSA) is 134 Å². The number of aromatic nitrogens is 3. The summed E-state index contributed by atoms with van der Waals surface area (Å²) in [6.07, 6.45) is 4.32. The van der Waals surface area contributed by atoms with Crippen molar-refractivity contribution in [3.8, 4) is 11.5 Å². The summed E-state index contributed by atoms with van der Waals surface area (Å²) in [5.74, 6) is 0.695. The number of anilines is 1. The van der Waals surface area contributed by atoms with Crippen molar-refractivity contribution in [2.24, 2.45) is 5.73 Å². The number of sulfonamides is 1. The number of methoxy groups -OCH3 is 2. The lowest BCUT2D eigenvalue weighted by molar-refractivity contribution is 0.402. The average molecular weight is 472 g/mol.